The predicted octanol–water partition coefficient (Wildman–Crippen LogP) is 3.29. The van der Waals surface area contributed by atoms with Gasteiger partial charge < -0.3 is 16.4 Å². The molecule has 1 fully saturated rings. The summed E-state index contributed by atoms with van der Waals surface area (Å²) in [5.41, 5.74) is 7.70. The molecule has 4 rings (SSSR count). The molecule has 1 aliphatic carbocycles. The monoisotopic (exact) mass is 367 g/mol. The van der Waals surface area contributed by atoms with Gasteiger partial charge in [-0.05, 0) is 37.1 Å². The van der Waals surface area contributed by atoms with Gasteiger partial charge in [0, 0.05) is 29.2 Å². The van der Waals surface area contributed by atoms with Gasteiger partial charge in [0.2, 0.25) is 5.82 Å². The Labute approximate surface area is 155 Å². The van der Waals surface area contributed by atoms with E-state index in [0.29, 0.717) is 11.5 Å². The van der Waals surface area contributed by atoms with Gasteiger partial charge in [0.15, 0.2) is 0 Å². The predicted molar refractivity (Wildman–Crippen MR) is 104 cm³/mol. The van der Waals surface area contributed by atoms with Gasteiger partial charge >= 0.3 is 5.69 Å². The molecule has 2 heterocycles. The molecule has 0 amide bonds. The number of rotatable bonds is 5. The van der Waals surface area contributed by atoms with E-state index in [1.165, 1.54) is 6.07 Å². The van der Waals surface area contributed by atoms with Crippen molar-refractivity contribution < 1.29 is 4.92 Å². The summed E-state index contributed by atoms with van der Waals surface area (Å²) in [6, 6.07) is 8.83. The summed E-state index contributed by atoms with van der Waals surface area (Å²) in [5, 5.41) is 25.6. The maximum absolute atomic E-state index is 11.4. The summed E-state index contributed by atoms with van der Waals surface area (Å²) in [7, 11) is 0. The third-order valence-electron chi connectivity index (χ3n) is 4.93. The van der Waals surface area contributed by atoms with Gasteiger partial charge in [-0.1, -0.05) is 12.8 Å². The fraction of sp³-hybridized carbons (Fsp3) is 0.333. The van der Waals surface area contributed by atoms with Gasteiger partial charge in [0.25, 0.3) is 0 Å². The molecule has 1 saturated carbocycles. The Morgan fingerprint density at radius 1 is 1.22 bits per heavy atom. The second-order valence-electron chi connectivity index (χ2n) is 6.82. The molecule has 0 bridgehead atoms. The summed E-state index contributed by atoms with van der Waals surface area (Å²) in [4.78, 5) is 15.4. The minimum absolute atomic E-state index is 0.0654. The Morgan fingerprint density at radius 2 is 2.07 bits per heavy atom. The molecule has 3 aromatic rings. The van der Waals surface area contributed by atoms with Crippen LogP contribution in [-0.4, -0.2) is 32.2 Å². The third-order valence-corrected chi connectivity index (χ3v) is 4.93. The first kappa shape index (κ1) is 17.2. The highest BCUT2D eigenvalue weighted by Gasteiger charge is 2.23. The normalized spacial score (nSPS) is 19.7. The number of aromatic amines is 1. The average molecular weight is 367 g/mol. The quantitative estimate of drug-likeness (QED) is 0.401. The first-order valence-electron chi connectivity index (χ1n) is 8.98. The highest BCUT2D eigenvalue weighted by molar-refractivity contribution is 5.83. The van der Waals surface area contributed by atoms with Gasteiger partial charge in [0.05, 0.1) is 16.6 Å². The first-order chi connectivity index (χ1) is 13.1. The van der Waals surface area contributed by atoms with E-state index in [2.05, 4.69) is 25.8 Å². The zero-order valence-electron chi connectivity index (χ0n) is 14.7. The maximum atomic E-state index is 11.4. The van der Waals surface area contributed by atoms with Crippen LogP contribution in [0.3, 0.4) is 0 Å². The number of benzene rings is 1. The van der Waals surface area contributed by atoms with Crippen molar-refractivity contribution in [3.05, 3.63) is 46.6 Å². The van der Waals surface area contributed by atoms with Crippen LogP contribution in [0.4, 0.5) is 23.0 Å². The fourth-order valence-corrected chi connectivity index (χ4v) is 3.46. The van der Waals surface area contributed by atoms with Crippen molar-refractivity contribution in [3.8, 4) is 0 Å². The van der Waals surface area contributed by atoms with Crippen molar-refractivity contribution >= 4 is 33.9 Å². The molecule has 2 aromatic heterocycles. The Kier molecular flexibility index (Phi) is 4.59. The van der Waals surface area contributed by atoms with E-state index in [9.17, 15) is 10.1 Å². The topological polar surface area (TPSA) is 135 Å². The Bertz CT molecular complexity index is 971. The first-order valence-corrected chi connectivity index (χ1v) is 8.98. The molecule has 140 valence electrons. The fourth-order valence-electron chi connectivity index (χ4n) is 3.46. The minimum atomic E-state index is -0.443. The zero-order valence-corrected chi connectivity index (χ0v) is 14.7. The molecule has 0 saturated heterocycles. The van der Waals surface area contributed by atoms with Crippen LogP contribution < -0.4 is 16.4 Å². The molecule has 1 aromatic carbocycles. The number of nitrogens with two attached hydrogens (primary N) is 1. The van der Waals surface area contributed by atoms with E-state index < -0.39 is 4.92 Å². The lowest BCUT2D eigenvalue weighted by atomic mass is 9.91. The van der Waals surface area contributed by atoms with Crippen molar-refractivity contribution in [3.63, 3.8) is 0 Å². The maximum Gasteiger partial charge on any atom is 0.311 e. The van der Waals surface area contributed by atoms with Crippen molar-refractivity contribution in [1.82, 2.24) is 15.2 Å². The Hall–Kier alpha value is -3.20. The Balaban J connectivity index is 1.61. The van der Waals surface area contributed by atoms with E-state index in [1.807, 2.05) is 18.2 Å². The molecule has 2 unspecified atom stereocenters. The van der Waals surface area contributed by atoms with Crippen LogP contribution >= 0.6 is 0 Å². The number of hydrogen-bond donors (Lipinski definition) is 4. The smallest absolute Gasteiger partial charge is 0.311 e. The third kappa shape index (κ3) is 3.68. The van der Waals surface area contributed by atoms with E-state index in [4.69, 9.17) is 5.73 Å². The van der Waals surface area contributed by atoms with Crippen LogP contribution in [0.1, 0.15) is 25.7 Å². The number of nitrogens with one attached hydrogen (secondary N) is 3. The van der Waals surface area contributed by atoms with Crippen LogP contribution in [0.2, 0.25) is 0 Å². The number of nitrogens with zero attached hydrogens (tertiary/aromatic N) is 3. The van der Waals surface area contributed by atoms with Gasteiger partial charge in [-0.25, -0.2) is 4.98 Å². The highest BCUT2D eigenvalue weighted by Crippen LogP contribution is 2.29. The molecule has 0 aliphatic heterocycles. The van der Waals surface area contributed by atoms with Gasteiger partial charge in [-0.3, -0.25) is 15.2 Å². The second kappa shape index (κ2) is 7.20. The zero-order chi connectivity index (χ0) is 18.8. The van der Waals surface area contributed by atoms with Gasteiger partial charge in [-0.15, -0.1) is 0 Å². The number of hydrogen-bond acceptors (Lipinski definition) is 7. The molecule has 9 heteroatoms. The summed E-state index contributed by atoms with van der Waals surface area (Å²) in [6.45, 7) is 0. The van der Waals surface area contributed by atoms with Crippen LogP contribution in [0, 0.1) is 10.1 Å². The van der Waals surface area contributed by atoms with Gasteiger partial charge in [0.1, 0.15) is 5.82 Å². The van der Waals surface area contributed by atoms with E-state index >= 15 is 0 Å². The molecule has 5 N–H and O–H groups in total. The molecule has 1 aliphatic rings. The molecule has 0 radical (unpaired) electrons. The Morgan fingerprint density at radius 3 is 2.89 bits per heavy atom. The van der Waals surface area contributed by atoms with Crippen LogP contribution in [0.25, 0.3) is 10.9 Å². The lowest BCUT2D eigenvalue weighted by Gasteiger charge is -2.29. The van der Waals surface area contributed by atoms with E-state index in [1.54, 1.807) is 12.3 Å². The number of nitro groups is 1. The van der Waals surface area contributed by atoms with E-state index in [0.717, 1.165) is 36.6 Å². The molecular formula is C18H21N7O2. The largest absolute Gasteiger partial charge is 0.366 e. The summed E-state index contributed by atoms with van der Waals surface area (Å²) >= 11 is 0. The molecule has 9 nitrogen and oxygen atoms in total. The molecule has 27 heavy (non-hydrogen) atoms. The van der Waals surface area contributed by atoms with Crippen molar-refractivity contribution in [2.45, 2.75) is 37.8 Å². The average Bonchev–Trinajstić information content (AvgIpc) is 3.11. The molecular weight excluding hydrogens is 346 g/mol. The van der Waals surface area contributed by atoms with Crippen molar-refractivity contribution in [2.24, 2.45) is 5.73 Å². The number of fused-ring (bicyclic) bond motifs is 1. The number of anilines is 3. The standard InChI is InChI=1S/C18H21N7O2/c19-13-3-1-2-4-15(13)22-17-8-7-16(25(26)27)18(23-17)21-12-5-6-14-11(9-12)10-20-24-14/h5-10,13,15H,1-4,19H2,(H,20,24)(H2,21,22,23). The molecule has 0 spiro atoms. The molecule has 2 atom stereocenters. The van der Waals surface area contributed by atoms with E-state index in [-0.39, 0.29) is 23.6 Å². The van der Waals surface area contributed by atoms with Crippen LogP contribution in [0.5, 0.6) is 0 Å². The highest BCUT2D eigenvalue weighted by atomic mass is 16.6. The lowest BCUT2D eigenvalue weighted by Crippen LogP contribution is -2.42. The summed E-state index contributed by atoms with van der Waals surface area (Å²) in [5.74, 6) is 0.770. The van der Waals surface area contributed by atoms with Gasteiger partial charge in [-0.2, -0.15) is 5.10 Å². The number of aromatic nitrogens is 3. The lowest BCUT2D eigenvalue weighted by molar-refractivity contribution is -0.384. The SMILES string of the molecule is NC1CCCCC1Nc1ccc([N+](=O)[O-])c(Nc2ccc3[nH]ncc3c2)n1. The summed E-state index contributed by atoms with van der Waals surface area (Å²) in [6.07, 6.45) is 5.90. The van der Waals surface area contributed by atoms with Crippen molar-refractivity contribution in [2.75, 3.05) is 10.6 Å². The van der Waals surface area contributed by atoms with Crippen LogP contribution in [0.15, 0.2) is 36.5 Å². The number of pyridine rings is 1. The van der Waals surface area contributed by atoms with Crippen LogP contribution in [-0.2, 0) is 0 Å². The minimum Gasteiger partial charge on any atom is -0.366 e. The van der Waals surface area contributed by atoms with Crippen molar-refractivity contribution in [1.29, 1.82) is 0 Å². The number of H-pyrrole nitrogens is 1. The second-order valence-corrected chi connectivity index (χ2v) is 6.82. The summed E-state index contributed by atoms with van der Waals surface area (Å²) < 4.78 is 0.